The zero-order chi connectivity index (χ0) is 22.9. The summed E-state index contributed by atoms with van der Waals surface area (Å²) in [5, 5.41) is 17.2. The molecule has 176 valence electrons. The lowest BCUT2D eigenvalue weighted by Crippen LogP contribution is -2.44. The van der Waals surface area contributed by atoms with Crippen LogP contribution in [0.15, 0.2) is 64.4 Å². The lowest BCUT2D eigenvalue weighted by atomic mass is 10.00. The Bertz CT molecular complexity index is 833. The van der Waals surface area contributed by atoms with Gasteiger partial charge in [0.05, 0.1) is 37.8 Å². The van der Waals surface area contributed by atoms with Gasteiger partial charge in [-0.15, -0.1) is 0 Å². The van der Waals surface area contributed by atoms with Gasteiger partial charge >= 0.3 is 0 Å². The Kier molecular flexibility index (Phi) is 9.28. The number of hydrogen-bond donors (Lipinski definition) is 3. The van der Waals surface area contributed by atoms with Crippen LogP contribution < -0.4 is 5.43 Å². The Balaban J connectivity index is 1.76. The molecule has 3 aliphatic rings. The quantitative estimate of drug-likeness (QED) is 0.208. The lowest BCUT2D eigenvalue weighted by molar-refractivity contribution is -0.284. The largest absolute Gasteiger partial charge is 0.510 e. The number of aliphatic hydroxyl groups is 1. The maximum atomic E-state index is 10.8. The highest BCUT2D eigenvalue weighted by Gasteiger charge is 2.34. The van der Waals surface area contributed by atoms with Crippen LogP contribution in [0.2, 0.25) is 0 Å². The summed E-state index contributed by atoms with van der Waals surface area (Å²) in [6, 6.07) is -0.549. The molecule has 2 unspecified atom stereocenters. The van der Waals surface area contributed by atoms with E-state index in [4.69, 9.17) is 24.4 Å². The summed E-state index contributed by atoms with van der Waals surface area (Å²) in [5.74, 6) is 2.51. The van der Waals surface area contributed by atoms with Crippen molar-refractivity contribution in [2.24, 2.45) is 5.10 Å². The first kappa shape index (κ1) is 24.4. The molecule has 2 N–H and O–H groups in total. The summed E-state index contributed by atoms with van der Waals surface area (Å²) < 4.78 is 11.3. The van der Waals surface area contributed by atoms with Crippen molar-refractivity contribution in [1.82, 2.24) is 10.5 Å². The van der Waals surface area contributed by atoms with Gasteiger partial charge in [-0.1, -0.05) is 12.7 Å². The maximum absolute atomic E-state index is 10.8. The zero-order valence-corrected chi connectivity index (χ0v) is 19.6. The Morgan fingerprint density at radius 2 is 2.19 bits per heavy atom. The Hall–Kier alpha value is -2.20. The van der Waals surface area contributed by atoms with Crippen molar-refractivity contribution >= 4 is 18.3 Å². The number of fused-ring (bicyclic) bond motifs is 1. The van der Waals surface area contributed by atoms with E-state index in [1.165, 1.54) is 0 Å². The SMILES string of the molecule is C=C1/C=C(/OCCS)CCC/C=C(/O)C(N2N=C3C=C(OC)C(COOCC)=CC3N2)C1. The Labute approximate surface area is 195 Å². The van der Waals surface area contributed by atoms with E-state index in [1.54, 1.807) is 12.2 Å². The van der Waals surface area contributed by atoms with Crippen molar-refractivity contribution in [2.45, 2.75) is 44.7 Å². The van der Waals surface area contributed by atoms with Crippen molar-refractivity contribution in [2.75, 3.05) is 32.7 Å². The second-order valence-electron chi connectivity index (χ2n) is 7.63. The third-order valence-corrected chi connectivity index (χ3v) is 5.41. The number of aliphatic hydroxyl groups excluding tert-OH is 1. The smallest absolute Gasteiger partial charge is 0.126 e. The normalized spacial score (nSPS) is 27.3. The van der Waals surface area contributed by atoms with E-state index in [-0.39, 0.29) is 18.4 Å². The van der Waals surface area contributed by atoms with E-state index < -0.39 is 6.04 Å². The number of rotatable bonds is 9. The van der Waals surface area contributed by atoms with Crippen molar-refractivity contribution in [3.8, 4) is 0 Å². The molecule has 1 aliphatic heterocycles. The van der Waals surface area contributed by atoms with Crippen molar-refractivity contribution in [3.63, 3.8) is 0 Å². The minimum Gasteiger partial charge on any atom is -0.510 e. The summed E-state index contributed by atoms with van der Waals surface area (Å²) in [5.41, 5.74) is 5.88. The first-order valence-corrected chi connectivity index (χ1v) is 11.5. The van der Waals surface area contributed by atoms with E-state index in [0.29, 0.717) is 31.1 Å². The molecular weight excluding hydrogens is 430 g/mol. The van der Waals surface area contributed by atoms with Gasteiger partial charge in [0.25, 0.3) is 0 Å². The zero-order valence-electron chi connectivity index (χ0n) is 18.7. The number of thiol groups is 1. The highest BCUT2D eigenvalue weighted by Crippen LogP contribution is 2.27. The van der Waals surface area contributed by atoms with Crippen LogP contribution in [-0.2, 0) is 19.2 Å². The van der Waals surface area contributed by atoms with Gasteiger partial charge in [0.1, 0.15) is 24.2 Å². The first-order chi connectivity index (χ1) is 15.5. The number of methoxy groups -OCH3 is 1. The van der Waals surface area contributed by atoms with Crippen LogP contribution in [0.5, 0.6) is 0 Å². The molecule has 2 atom stereocenters. The third kappa shape index (κ3) is 6.41. The fourth-order valence-electron chi connectivity index (χ4n) is 3.71. The molecule has 3 rings (SSSR count). The monoisotopic (exact) mass is 463 g/mol. The molecule has 0 aromatic carbocycles. The molecule has 0 saturated carbocycles. The van der Waals surface area contributed by atoms with Crippen molar-refractivity contribution < 1.29 is 24.4 Å². The van der Waals surface area contributed by atoms with Crippen LogP contribution in [-0.4, -0.2) is 60.7 Å². The van der Waals surface area contributed by atoms with Gasteiger partial charge in [-0.3, -0.25) is 0 Å². The topological polar surface area (TPSA) is 84.8 Å². The molecule has 0 aromatic rings. The van der Waals surface area contributed by atoms with E-state index in [1.807, 2.05) is 31.2 Å². The predicted octanol–water partition coefficient (Wildman–Crippen LogP) is 3.74. The average molecular weight is 464 g/mol. The highest BCUT2D eigenvalue weighted by molar-refractivity contribution is 7.80. The van der Waals surface area contributed by atoms with Crippen LogP contribution in [0.3, 0.4) is 0 Å². The average Bonchev–Trinajstić information content (AvgIpc) is 3.20. The maximum Gasteiger partial charge on any atom is 0.126 e. The second kappa shape index (κ2) is 12.2. The first-order valence-electron chi connectivity index (χ1n) is 10.9. The van der Waals surface area contributed by atoms with E-state index in [9.17, 15) is 5.11 Å². The molecule has 0 aromatic heterocycles. The summed E-state index contributed by atoms with van der Waals surface area (Å²) in [4.78, 5) is 10.2. The third-order valence-electron chi connectivity index (χ3n) is 5.23. The summed E-state index contributed by atoms with van der Waals surface area (Å²) in [6.07, 6.45) is 10.6. The van der Waals surface area contributed by atoms with Gasteiger partial charge in [-0.2, -0.15) is 17.7 Å². The van der Waals surface area contributed by atoms with Crippen molar-refractivity contribution in [1.29, 1.82) is 0 Å². The second-order valence-corrected chi connectivity index (χ2v) is 8.08. The van der Waals surface area contributed by atoms with Gasteiger partial charge in [-0.05, 0) is 37.5 Å². The molecular formula is C23H33N3O5S. The summed E-state index contributed by atoms with van der Waals surface area (Å²) >= 11 is 4.22. The molecule has 0 fully saturated rings. The molecule has 32 heavy (non-hydrogen) atoms. The number of allylic oxidation sites excluding steroid dienone is 3. The summed E-state index contributed by atoms with van der Waals surface area (Å²) in [6.45, 7) is 7.34. The highest BCUT2D eigenvalue weighted by atomic mass is 32.1. The number of nitrogens with one attached hydrogen (secondary N) is 1. The predicted molar refractivity (Wildman–Crippen MR) is 127 cm³/mol. The molecule has 0 spiro atoms. The molecule has 0 amide bonds. The molecule has 0 radical (unpaired) electrons. The van der Waals surface area contributed by atoms with Gasteiger partial charge in [0.15, 0.2) is 0 Å². The van der Waals surface area contributed by atoms with Crippen LogP contribution in [0.25, 0.3) is 0 Å². The van der Waals surface area contributed by atoms with E-state index in [0.717, 1.165) is 41.9 Å². The molecule has 9 heteroatoms. The van der Waals surface area contributed by atoms with E-state index >= 15 is 0 Å². The van der Waals surface area contributed by atoms with Crippen LogP contribution in [0.1, 0.15) is 32.6 Å². The molecule has 0 bridgehead atoms. The van der Waals surface area contributed by atoms with Gasteiger partial charge in [0.2, 0.25) is 0 Å². The summed E-state index contributed by atoms with van der Waals surface area (Å²) in [7, 11) is 1.61. The minimum atomic E-state index is -0.392. The van der Waals surface area contributed by atoms with Gasteiger partial charge in [-0.25, -0.2) is 20.3 Å². The number of ether oxygens (including phenoxy) is 2. The molecule has 2 aliphatic carbocycles. The number of hydrazone groups is 1. The van der Waals surface area contributed by atoms with Gasteiger partial charge < -0.3 is 14.6 Å². The number of hydrazine groups is 1. The minimum absolute atomic E-state index is 0.157. The van der Waals surface area contributed by atoms with Crippen LogP contribution in [0.4, 0.5) is 0 Å². The molecule has 8 nitrogen and oxygen atoms in total. The standard InChI is InChI=1S/C23H33N3O5S/c1-4-30-31-15-17-13-19-20(14-23(17)28-3)25-26(24-19)21-12-16(2)11-18(29-9-10-32)7-5-6-8-22(21)27/h8,11,13-14,19,21,24,27,32H,2,4-7,9-10,12,15H2,1,3H3/b18-11+,22-8+. The lowest BCUT2D eigenvalue weighted by Gasteiger charge is -2.27. The molecule has 0 saturated heterocycles. The van der Waals surface area contributed by atoms with Crippen LogP contribution in [0, 0.1) is 0 Å². The van der Waals surface area contributed by atoms with Gasteiger partial charge in [0, 0.05) is 30.2 Å². The number of nitrogens with zero attached hydrogens (tertiary/aromatic N) is 2. The molecule has 1 heterocycles. The fourth-order valence-corrected chi connectivity index (χ4v) is 3.80. The fraction of sp³-hybridized carbons (Fsp3) is 0.522. The Morgan fingerprint density at radius 3 is 2.94 bits per heavy atom. The van der Waals surface area contributed by atoms with E-state index in [2.05, 4.69) is 24.6 Å². The Morgan fingerprint density at radius 1 is 1.34 bits per heavy atom. The van der Waals surface area contributed by atoms with Crippen LogP contribution >= 0.6 is 12.6 Å². The van der Waals surface area contributed by atoms with Crippen molar-refractivity contribution in [3.05, 3.63) is 59.3 Å². The number of hydrogen-bond acceptors (Lipinski definition) is 9.